The minimum absolute atomic E-state index is 0.0687. The molecule has 1 aromatic carbocycles. The summed E-state index contributed by atoms with van der Waals surface area (Å²) in [4.78, 5) is 97.2. The van der Waals surface area contributed by atoms with Crippen LogP contribution in [-0.4, -0.2) is 105 Å². The Balaban J connectivity index is 2.94. The van der Waals surface area contributed by atoms with E-state index in [2.05, 4.69) is 26.6 Å². The van der Waals surface area contributed by atoms with Crippen LogP contribution >= 0.6 is 0 Å². The molecule has 0 aliphatic heterocycles. The molecule has 0 radical (unpaired) electrons. The van der Waals surface area contributed by atoms with Crippen LogP contribution in [0.4, 0.5) is 0 Å². The Kier molecular flexibility index (Phi) is 15.1. The zero-order chi connectivity index (χ0) is 34.4. The van der Waals surface area contributed by atoms with Gasteiger partial charge in [0.05, 0.1) is 25.0 Å². The van der Waals surface area contributed by atoms with Crippen LogP contribution in [0.15, 0.2) is 30.3 Å². The van der Waals surface area contributed by atoms with Gasteiger partial charge in [-0.25, -0.2) is 4.79 Å². The standard InChI is InChI=1S/C27H39N7O11/c1-12(31-25(42)18(11-19(29)36)33-24(41)16(28)10-20(37)38)22(39)30-13(2)23(40)32-17(9-15-7-5-4-6-8-15)26(43)34-21(14(3)35)27(44)45/h4-8,12-14,16-18,21,35H,9-11,28H2,1-3H3,(H2,29,36)(H,30,39)(H,31,42)(H,32,40)(H,33,41)(H,34,43)(H,37,38)(H,44,45)/t12-,13-,14+,16-,17-,18-,21-/m0/s1. The van der Waals surface area contributed by atoms with E-state index >= 15 is 0 Å². The fraction of sp³-hybridized carbons (Fsp3) is 0.481. The van der Waals surface area contributed by atoms with Crippen LogP contribution in [0.25, 0.3) is 0 Å². The van der Waals surface area contributed by atoms with Crippen LogP contribution in [0.1, 0.15) is 39.2 Å². The third-order valence-corrected chi connectivity index (χ3v) is 6.24. The number of carbonyl (C=O) groups excluding carboxylic acids is 6. The molecule has 1 aromatic rings. The summed E-state index contributed by atoms with van der Waals surface area (Å²) in [7, 11) is 0. The quantitative estimate of drug-likeness (QED) is 0.0733. The van der Waals surface area contributed by atoms with Gasteiger partial charge in [-0.2, -0.15) is 0 Å². The minimum Gasteiger partial charge on any atom is -0.481 e. The van der Waals surface area contributed by atoms with Gasteiger partial charge in [0, 0.05) is 6.42 Å². The number of carbonyl (C=O) groups is 8. The molecular weight excluding hydrogens is 598 g/mol. The number of hydrogen-bond donors (Lipinski definition) is 10. The van der Waals surface area contributed by atoms with Crippen LogP contribution in [0.5, 0.6) is 0 Å². The molecule has 0 bridgehead atoms. The van der Waals surface area contributed by atoms with E-state index in [-0.39, 0.29) is 6.42 Å². The number of nitrogens with two attached hydrogens (primary N) is 2. The molecule has 0 saturated carbocycles. The lowest BCUT2D eigenvalue weighted by Crippen LogP contribution is -2.59. The maximum atomic E-state index is 13.0. The van der Waals surface area contributed by atoms with Gasteiger partial charge >= 0.3 is 11.9 Å². The number of benzene rings is 1. The van der Waals surface area contributed by atoms with Crippen molar-refractivity contribution in [3.05, 3.63) is 35.9 Å². The number of amides is 6. The second kappa shape index (κ2) is 17.9. The van der Waals surface area contributed by atoms with E-state index in [0.717, 1.165) is 0 Å². The SMILES string of the molecule is C[C@H](NC(=O)[C@H](C)NC(=O)[C@H](CC(N)=O)NC(=O)[C@@H](N)CC(=O)O)C(=O)N[C@@H](Cc1ccccc1)C(=O)N[C@H](C(=O)O)[C@@H](C)O. The highest BCUT2D eigenvalue weighted by Crippen LogP contribution is 2.06. The van der Waals surface area contributed by atoms with Crippen LogP contribution in [0.3, 0.4) is 0 Å². The number of aliphatic hydroxyl groups is 1. The van der Waals surface area contributed by atoms with Crippen molar-refractivity contribution in [2.45, 2.75) is 82.4 Å². The van der Waals surface area contributed by atoms with E-state index in [1.54, 1.807) is 30.3 Å². The molecule has 0 heterocycles. The number of nitrogens with one attached hydrogen (secondary N) is 5. The van der Waals surface area contributed by atoms with Crippen molar-refractivity contribution in [3.8, 4) is 0 Å². The molecule has 0 aliphatic rings. The summed E-state index contributed by atoms with van der Waals surface area (Å²) in [6.45, 7) is 3.67. The van der Waals surface area contributed by atoms with E-state index in [9.17, 15) is 48.6 Å². The first-order valence-electron chi connectivity index (χ1n) is 13.6. The molecule has 0 spiro atoms. The number of aliphatic carboxylic acids is 2. The lowest BCUT2D eigenvalue weighted by atomic mass is 10.0. The maximum absolute atomic E-state index is 13.0. The Labute approximate surface area is 257 Å². The molecule has 0 fully saturated rings. The minimum atomic E-state index is -1.66. The van der Waals surface area contributed by atoms with Gasteiger partial charge in [-0.05, 0) is 26.3 Å². The lowest BCUT2D eigenvalue weighted by molar-refractivity contribution is -0.145. The Morgan fingerprint density at radius 1 is 0.689 bits per heavy atom. The average molecular weight is 638 g/mol. The van der Waals surface area contributed by atoms with Crippen LogP contribution in [-0.2, 0) is 44.8 Å². The van der Waals surface area contributed by atoms with Crippen LogP contribution < -0.4 is 38.1 Å². The van der Waals surface area contributed by atoms with E-state index in [1.165, 1.54) is 20.8 Å². The Morgan fingerprint density at radius 3 is 1.67 bits per heavy atom. The van der Waals surface area contributed by atoms with Gasteiger partial charge in [0.2, 0.25) is 35.4 Å². The number of primary amides is 1. The molecule has 0 aromatic heterocycles. The first-order chi connectivity index (χ1) is 20.9. The Bertz CT molecular complexity index is 1260. The van der Waals surface area contributed by atoms with Crippen molar-refractivity contribution in [1.82, 2.24) is 26.6 Å². The summed E-state index contributed by atoms with van der Waals surface area (Å²) >= 11 is 0. The molecule has 1 rings (SSSR count). The van der Waals surface area contributed by atoms with E-state index in [4.69, 9.17) is 16.6 Å². The fourth-order valence-electron chi connectivity index (χ4n) is 3.75. The topological polar surface area (TPSA) is 309 Å². The smallest absolute Gasteiger partial charge is 0.328 e. The number of hydrogen-bond acceptors (Lipinski definition) is 10. The third-order valence-electron chi connectivity index (χ3n) is 6.24. The molecular formula is C27H39N7O11. The average Bonchev–Trinajstić information content (AvgIpc) is 2.94. The third kappa shape index (κ3) is 13.4. The summed E-state index contributed by atoms with van der Waals surface area (Å²) in [6, 6.07) is -0.315. The van der Waals surface area contributed by atoms with Gasteiger partial charge in [0.1, 0.15) is 24.2 Å². The maximum Gasteiger partial charge on any atom is 0.328 e. The zero-order valence-electron chi connectivity index (χ0n) is 24.8. The van der Waals surface area contributed by atoms with Crippen molar-refractivity contribution in [2.75, 3.05) is 0 Å². The molecule has 45 heavy (non-hydrogen) atoms. The molecule has 248 valence electrons. The molecule has 0 saturated heterocycles. The highest BCUT2D eigenvalue weighted by Gasteiger charge is 2.32. The van der Waals surface area contributed by atoms with Crippen LogP contribution in [0.2, 0.25) is 0 Å². The predicted molar refractivity (Wildman–Crippen MR) is 155 cm³/mol. The van der Waals surface area contributed by atoms with Gasteiger partial charge in [-0.3, -0.25) is 33.6 Å². The van der Waals surface area contributed by atoms with Crippen molar-refractivity contribution in [2.24, 2.45) is 11.5 Å². The van der Waals surface area contributed by atoms with Gasteiger partial charge in [0.25, 0.3) is 0 Å². The Hall–Kier alpha value is -5.10. The largest absolute Gasteiger partial charge is 0.481 e. The molecule has 6 amide bonds. The number of carboxylic acids is 2. The van der Waals surface area contributed by atoms with E-state index < -0.39 is 103 Å². The van der Waals surface area contributed by atoms with Crippen molar-refractivity contribution < 1.29 is 53.7 Å². The molecule has 7 atom stereocenters. The van der Waals surface area contributed by atoms with Gasteiger partial charge in [0.15, 0.2) is 6.04 Å². The second-order valence-corrected chi connectivity index (χ2v) is 10.2. The first-order valence-corrected chi connectivity index (χ1v) is 13.6. The van der Waals surface area contributed by atoms with Crippen molar-refractivity contribution >= 4 is 47.4 Å². The Morgan fingerprint density at radius 2 is 1.18 bits per heavy atom. The molecule has 18 heteroatoms. The first kappa shape index (κ1) is 37.9. The van der Waals surface area contributed by atoms with Crippen LogP contribution in [0, 0.1) is 0 Å². The summed E-state index contributed by atoms with van der Waals surface area (Å²) < 4.78 is 0. The fourth-order valence-corrected chi connectivity index (χ4v) is 3.75. The second-order valence-electron chi connectivity index (χ2n) is 10.2. The summed E-state index contributed by atoms with van der Waals surface area (Å²) in [5.41, 5.74) is 11.2. The highest BCUT2D eigenvalue weighted by atomic mass is 16.4. The van der Waals surface area contributed by atoms with Crippen molar-refractivity contribution in [1.29, 1.82) is 0 Å². The summed E-state index contributed by atoms with van der Waals surface area (Å²) in [6.07, 6.45) is -2.98. The number of rotatable bonds is 18. The highest BCUT2D eigenvalue weighted by molar-refractivity contribution is 5.97. The number of aliphatic hydroxyl groups excluding tert-OH is 1. The predicted octanol–water partition coefficient (Wildman–Crippen LogP) is -4.16. The van der Waals surface area contributed by atoms with E-state index in [0.29, 0.717) is 5.56 Å². The van der Waals surface area contributed by atoms with E-state index in [1.807, 2.05) is 0 Å². The summed E-state index contributed by atoms with van der Waals surface area (Å²) in [5, 5.41) is 39.1. The monoisotopic (exact) mass is 637 g/mol. The normalized spacial score (nSPS) is 15.4. The van der Waals surface area contributed by atoms with Gasteiger partial charge < -0.3 is 53.4 Å². The molecule has 0 unspecified atom stereocenters. The van der Waals surface area contributed by atoms with Gasteiger partial charge in [-0.1, -0.05) is 30.3 Å². The van der Waals surface area contributed by atoms with Gasteiger partial charge in [-0.15, -0.1) is 0 Å². The zero-order valence-corrected chi connectivity index (χ0v) is 24.8. The molecule has 18 nitrogen and oxygen atoms in total. The number of carboxylic acid groups (broad SMARTS) is 2. The molecule has 0 aliphatic carbocycles. The summed E-state index contributed by atoms with van der Waals surface area (Å²) in [5.74, 6) is -8.62. The lowest BCUT2D eigenvalue weighted by Gasteiger charge is -2.25. The van der Waals surface area contributed by atoms with Crippen molar-refractivity contribution in [3.63, 3.8) is 0 Å². The molecule has 12 N–H and O–H groups in total.